The number of benzene rings is 1. The molecule has 2 heterocycles. The summed E-state index contributed by atoms with van der Waals surface area (Å²) in [5, 5.41) is 7.11. The van der Waals surface area contributed by atoms with Gasteiger partial charge in [0.2, 0.25) is 0 Å². The maximum absolute atomic E-state index is 14.7. The second-order valence-electron chi connectivity index (χ2n) is 8.37. The van der Waals surface area contributed by atoms with Crippen LogP contribution in [0.1, 0.15) is 36.0 Å². The summed E-state index contributed by atoms with van der Waals surface area (Å²) >= 11 is 0. The molecular weight excluding hydrogens is 409 g/mol. The third kappa shape index (κ3) is 4.43. The molecule has 1 fully saturated rings. The predicted octanol–water partition coefficient (Wildman–Crippen LogP) is 3.36. The van der Waals surface area contributed by atoms with E-state index in [1.165, 1.54) is 0 Å². The molecule has 6 N–H and O–H groups in total. The molecular formula is C23H28FN7O. The van der Waals surface area contributed by atoms with Crippen molar-refractivity contribution in [2.45, 2.75) is 37.8 Å². The van der Waals surface area contributed by atoms with Gasteiger partial charge in [0.1, 0.15) is 5.82 Å². The van der Waals surface area contributed by atoms with Gasteiger partial charge < -0.3 is 27.0 Å². The number of carbonyl (C=O) groups excluding carboxylic acids is 1. The van der Waals surface area contributed by atoms with Crippen LogP contribution >= 0.6 is 0 Å². The van der Waals surface area contributed by atoms with Gasteiger partial charge in [0.05, 0.1) is 28.7 Å². The van der Waals surface area contributed by atoms with E-state index in [0.717, 1.165) is 48.3 Å². The second kappa shape index (κ2) is 8.96. The van der Waals surface area contributed by atoms with Crippen LogP contribution in [0, 0.1) is 5.82 Å². The minimum Gasteiger partial charge on any atom is -0.376 e. The van der Waals surface area contributed by atoms with E-state index in [1.54, 1.807) is 6.20 Å². The summed E-state index contributed by atoms with van der Waals surface area (Å²) in [6.07, 6.45) is 5.45. The van der Waals surface area contributed by atoms with Crippen LogP contribution in [0.3, 0.4) is 0 Å². The van der Waals surface area contributed by atoms with E-state index in [9.17, 15) is 9.18 Å². The molecule has 1 aromatic carbocycles. The standard InChI is InChI=1S/C23H28FN7O/c1-31(2)19-9-5-6-13-10-14(12-27-20(13)19)28-22-15(21(26)32)11-16(24)23(30-22)29-18-8-4-3-7-17(18)25/h5-6,9-12,17-18H,3-4,7-8,25H2,1-2H3,(H2,26,32)(H2,28,29,30)/t17-,18+/m0/s1. The summed E-state index contributed by atoms with van der Waals surface area (Å²) in [6, 6.07) is 8.73. The van der Waals surface area contributed by atoms with Crippen LogP contribution in [0.15, 0.2) is 36.5 Å². The lowest BCUT2D eigenvalue weighted by atomic mass is 9.91. The third-order valence-electron chi connectivity index (χ3n) is 5.82. The Bertz CT molecular complexity index is 1150. The van der Waals surface area contributed by atoms with Crippen molar-refractivity contribution >= 4 is 39.8 Å². The van der Waals surface area contributed by atoms with Gasteiger partial charge in [-0.1, -0.05) is 25.0 Å². The SMILES string of the molecule is CN(C)c1cccc2cc(Nc3nc(N[C@@H]4CCCC[C@@H]4N)c(F)cc3C(N)=O)cnc12. The van der Waals surface area contributed by atoms with Crippen molar-refractivity contribution in [1.29, 1.82) is 0 Å². The fourth-order valence-corrected chi connectivity index (χ4v) is 4.10. The Labute approximate surface area is 186 Å². The highest BCUT2D eigenvalue weighted by Crippen LogP contribution is 2.29. The minimum atomic E-state index is -0.775. The van der Waals surface area contributed by atoms with E-state index >= 15 is 0 Å². The molecule has 4 rings (SSSR count). The minimum absolute atomic E-state index is 0.0388. The summed E-state index contributed by atoms with van der Waals surface area (Å²) in [4.78, 5) is 22.9. The Morgan fingerprint density at radius 1 is 1.19 bits per heavy atom. The Morgan fingerprint density at radius 2 is 1.97 bits per heavy atom. The van der Waals surface area contributed by atoms with E-state index < -0.39 is 11.7 Å². The number of nitrogens with one attached hydrogen (secondary N) is 2. The van der Waals surface area contributed by atoms with Crippen LogP contribution < -0.4 is 27.0 Å². The van der Waals surface area contributed by atoms with Gasteiger partial charge in [0.25, 0.3) is 5.91 Å². The van der Waals surface area contributed by atoms with E-state index in [4.69, 9.17) is 11.5 Å². The van der Waals surface area contributed by atoms with E-state index in [2.05, 4.69) is 20.6 Å². The number of halogens is 1. The van der Waals surface area contributed by atoms with Gasteiger partial charge in [0.15, 0.2) is 11.6 Å². The molecule has 8 nitrogen and oxygen atoms in total. The molecule has 168 valence electrons. The number of nitrogens with zero attached hydrogens (tertiary/aromatic N) is 3. The molecule has 0 aliphatic heterocycles. The van der Waals surface area contributed by atoms with Crippen molar-refractivity contribution in [3.63, 3.8) is 0 Å². The Morgan fingerprint density at radius 3 is 2.69 bits per heavy atom. The van der Waals surface area contributed by atoms with Crippen LogP contribution in [0.2, 0.25) is 0 Å². The maximum Gasteiger partial charge on any atom is 0.252 e. The molecule has 0 spiro atoms. The number of carbonyl (C=O) groups is 1. The number of rotatable bonds is 6. The fourth-order valence-electron chi connectivity index (χ4n) is 4.10. The Kier molecular flexibility index (Phi) is 6.09. The highest BCUT2D eigenvalue weighted by atomic mass is 19.1. The molecule has 0 radical (unpaired) electrons. The topological polar surface area (TPSA) is 122 Å². The number of hydrogen-bond acceptors (Lipinski definition) is 7. The summed E-state index contributed by atoms with van der Waals surface area (Å²) in [5.74, 6) is -1.21. The zero-order valence-electron chi connectivity index (χ0n) is 18.2. The number of nitrogens with two attached hydrogens (primary N) is 2. The van der Waals surface area contributed by atoms with Gasteiger partial charge >= 0.3 is 0 Å². The lowest BCUT2D eigenvalue weighted by molar-refractivity contribution is 0.100. The number of hydrogen-bond donors (Lipinski definition) is 4. The van der Waals surface area contributed by atoms with Crippen molar-refractivity contribution in [3.05, 3.63) is 47.9 Å². The van der Waals surface area contributed by atoms with Crippen molar-refractivity contribution in [2.75, 3.05) is 29.6 Å². The summed E-state index contributed by atoms with van der Waals surface area (Å²) in [7, 11) is 3.91. The monoisotopic (exact) mass is 437 g/mol. The number of anilines is 4. The number of pyridine rings is 2. The number of primary amides is 1. The van der Waals surface area contributed by atoms with Gasteiger partial charge in [-0.05, 0) is 31.0 Å². The molecule has 2 aromatic heterocycles. The predicted molar refractivity (Wildman–Crippen MR) is 126 cm³/mol. The molecule has 2 atom stereocenters. The molecule has 1 saturated carbocycles. The maximum atomic E-state index is 14.7. The fraction of sp³-hybridized carbons (Fsp3) is 0.348. The van der Waals surface area contributed by atoms with E-state index in [0.29, 0.717) is 5.69 Å². The van der Waals surface area contributed by atoms with Crippen LogP contribution in [0.25, 0.3) is 10.9 Å². The molecule has 0 unspecified atom stereocenters. The van der Waals surface area contributed by atoms with Crippen LogP contribution in [0.5, 0.6) is 0 Å². The number of fused-ring (bicyclic) bond motifs is 1. The van der Waals surface area contributed by atoms with Gasteiger partial charge in [-0.2, -0.15) is 0 Å². The normalized spacial score (nSPS) is 18.4. The molecule has 9 heteroatoms. The summed E-state index contributed by atoms with van der Waals surface area (Å²) in [5.41, 5.74) is 14.1. The molecule has 3 aromatic rings. The second-order valence-corrected chi connectivity index (χ2v) is 8.37. The number of para-hydroxylation sites is 1. The average Bonchev–Trinajstić information content (AvgIpc) is 2.76. The zero-order chi connectivity index (χ0) is 22.8. The molecule has 1 aliphatic carbocycles. The van der Waals surface area contributed by atoms with E-state index in [1.807, 2.05) is 43.3 Å². The third-order valence-corrected chi connectivity index (χ3v) is 5.82. The molecule has 1 amide bonds. The first-order valence-corrected chi connectivity index (χ1v) is 10.7. The first-order chi connectivity index (χ1) is 15.3. The van der Waals surface area contributed by atoms with Gasteiger partial charge in [0, 0.05) is 31.6 Å². The van der Waals surface area contributed by atoms with Gasteiger partial charge in [-0.15, -0.1) is 0 Å². The van der Waals surface area contributed by atoms with Gasteiger partial charge in [-0.3, -0.25) is 9.78 Å². The van der Waals surface area contributed by atoms with Crippen LogP contribution in [-0.4, -0.2) is 42.1 Å². The molecule has 0 saturated heterocycles. The lowest BCUT2D eigenvalue weighted by Crippen LogP contribution is -2.43. The quantitative estimate of drug-likeness (QED) is 0.466. The summed E-state index contributed by atoms with van der Waals surface area (Å²) < 4.78 is 14.7. The van der Waals surface area contributed by atoms with Crippen molar-refractivity contribution < 1.29 is 9.18 Å². The molecule has 1 aliphatic rings. The molecule has 32 heavy (non-hydrogen) atoms. The zero-order valence-corrected chi connectivity index (χ0v) is 18.2. The Balaban J connectivity index is 1.68. The summed E-state index contributed by atoms with van der Waals surface area (Å²) in [6.45, 7) is 0. The first kappa shape index (κ1) is 21.8. The average molecular weight is 438 g/mol. The van der Waals surface area contributed by atoms with Crippen molar-refractivity contribution in [2.24, 2.45) is 11.5 Å². The van der Waals surface area contributed by atoms with Crippen molar-refractivity contribution in [3.8, 4) is 0 Å². The number of aromatic nitrogens is 2. The highest BCUT2D eigenvalue weighted by molar-refractivity contribution is 5.99. The molecule has 0 bridgehead atoms. The van der Waals surface area contributed by atoms with E-state index in [-0.39, 0.29) is 29.3 Å². The number of amides is 1. The van der Waals surface area contributed by atoms with Crippen LogP contribution in [0.4, 0.5) is 27.4 Å². The highest BCUT2D eigenvalue weighted by Gasteiger charge is 2.24. The van der Waals surface area contributed by atoms with Crippen LogP contribution in [-0.2, 0) is 0 Å². The Hall–Kier alpha value is -3.46. The van der Waals surface area contributed by atoms with Crippen molar-refractivity contribution in [1.82, 2.24) is 9.97 Å². The van der Waals surface area contributed by atoms with Gasteiger partial charge in [-0.25, -0.2) is 9.37 Å². The lowest BCUT2D eigenvalue weighted by Gasteiger charge is -2.30. The largest absolute Gasteiger partial charge is 0.376 e. The smallest absolute Gasteiger partial charge is 0.252 e. The first-order valence-electron chi connectivity index (χ1n) is 10.7.